The monoisotopic (exact) mass is 500 g/mol. The van der Waals surface area contributed by atoms with E-state index in [1.165, 1.54) is 7.11 Å². The van der Waals surface area contributed by atoms with Crippen molar-refractivity contribution in [2.45, 2.75) is 113 Å². The first-order valence-electron chi connectivity index (χ1n) is 14.0. The number of Topliss-reactive ketones (excluding diaryl/α,β-unsaturated/α-hetero) is 1. The van der Waals surface area contributed by atoms with Crippen LogP contribution in [0.5, 0.6) is 0 Å². The molecular formula is C31H48O5. The second-order valence-electron chi connectivity index (χ2n) is 15.0. The van der Waals surface area contributed by atoms with Crippen LogP contribution in [0.1, 0.15) is 107 Å². The summed E-state index contributed by atoms with van der Waals surface area (Å²) in [7, 11) is 1.41. The van der Waals surface area contributed by atoms with Gasteiger partial charge in [0.25, 0.3) is 0 Å². The van der Waals surface area contributed by atoms with Crippen LogP contribution >= 0.6 is 0 Å². The molecule has 202 valence electrons. The minimum atomic E-state index is -1.17. The van der Waals surface area contributed by atoms with E-state index in [-0.39, 0.29) is 58.1 Å². The van der Waals surface area contributed by atoms with Crippen LogP contribution in [0, 0.1) is 44.3 Å². The molecule has 0 bridgehead atoms. The molecule has 4 rings (SSSR count). The van der Waals surface area contributed by atoms with E-state index in [4.69, 9.17) is 4.74 Å². The third-order valence-electron chi connectivity index (χ3n) is 11.8. The number of esters is 1. The SMILES string of the molecule is COC(=O)C[C@]1(C)CCC(C)(C)C[C@@H]1[C@]1(C)C(=O)C=C2[C@](C)(CC[C@H]3C(C)(C)[C@@H](O)CC[C@@]23C)C1=O. The second-order valence-corrected chi connectivity index (χ2v) is 15.0. The van der Waals surface area contributed by atoms with Crippen molar-refractivity contribution in [1.82, 2.24) is 0 Å². The number of carbonyl (C=O) groups is 3. The smallest absolute Gasteiger partial charge is 0.306 e. The summed E-state index contributed by atoms with van der Waals surface area (Å²) in [4.78, 5) is 41.5. The van der Waals surface area contributed by atoms with E-state index in [1.54, 1.807) is 0 Å². The van der Waals surface area contributed by atoms with Crippen molar-refractivity contribution in [2.75, 3.05) is 7.11 Å². The van der Waals surface area contributed by atoms with Crippen LogP contribution in [0.2, 0.25) is 0 Å². The number of aliphatic hydroxyl groups is 1. The zero-order valence-electron chi connectivity index (χ0n) is 24.0. The fraction of sp³-hybridized carbons (Fsp3) is 0.839. The zero-order valence-corrected chi connectivity index (χ0v) is 24.0. The summed E-state index contributed by atoms with van der Waals surface area (Å²) in [5, 5.41) is 10.8. The van der Waals surface area contributed by atoms with Gasteiger partial charge in [0.1, 0.15) is 0 Å². The Labute approximate surface area is 217 Å². The molecule has 5 nitrogen and oxygen atoms in total. The number of carbonyl (C=O) groups excluding carboxylic acids is 3. The van der Waals surface area contributed by atoms with Crippen molar-refractivity contribution in [1.29, 1.82) is 0 Å². The maximum atomic E-state index is 14.8. The van der Waals surface area contributed by atoms with E-state index < -0.39 is 16.2 Å². The fourth-order valence-corrected chi connectivity index (χ4v) is 9.32. The first-order chi connectivity index (χ1) is 16.4. The van der Waals surface area contributed by atoms with E-state index in [2.05, 4.69) is 48.5 Å². The normalized spacial score (nSPS) is 45.8. The third kappa shape index (κ3) is 3.69. The summed E-state index contributed by atoms with van der Waals surface area (Å²) in [6.45, 7) is 17.0. The number of aliphatic hydroxyl groups excluding tert-OH is 1. The van der Waals surface area contributed by atoms with Gasteiger partial charge in [0, 0.05) is 5.41 Å². The van der Waals surface area contributed by atoms with Gasteiger partial charge in [-0.2, -0.15) is 0 Å². The standard InChI is InChI=1S/C31H48O5/c1-26(2)14-15-28(5,18-24(34)36-9)21(17-26)31(8)23(33)16-20-29(6)13-11-22(32)27(3,4)19(29)10-12-30(20,7)25(31)35/h16,19,21-22,32H,10-15,17-18H2,1-9H3/t19-,21-,22-,28-,29+,30-,31+/m0/s1. The summed E-state index contributed by atoms with van der Waals surface area (Å²) >= 11 is 0. The highest BCUT2D eigenvalue weighted by molar-refractivity contribution is 6.17. The number of fused-ring (bicyclic) bond motifs is 3. The molecule has 4 aliphatic carbocycles. The number of ether oxygens (including phenoxy) is 1. The lowest BCUT2D eigenvalue weighted by Crippen LogP contribution is -2.63. The van der Waals surface area contributed by atoms with Gasteiger partial charge in [-0.05, 0) is 104 Å². The predicted molar refractivity (Wildman–Crippen MR) is 140 cm³/mol. The summed E-state index contributed by atoms with van der Waals surface area (Å²) < 4.78 is 5.06. The predicted octanol–water partition coefficient (Wildman–Crippen LogP) is 6.07. The summed E-state index contributed by atoms with van der Waals surface area (Å²) in [6, 6.07) is 0. The van der Waals surface area contributed by atoms with Gasteiger partial charge in [-0.3, -0.25) is 14.4 Å². The first kappa shape index (κ1) is 27.5. The van der Waals surface area contributed by atoms with E-state index in [0.29, 0.717) is 12.8 Å². The van der Waals surface area contributed by atoms with Gasteiger partial charge in [-0.15, -0.1) is 0 Å². The third-order valence-corrected chi connectivity index (χ3v) is 11.8. The van der Waals surface area contributed by atoms with Gasteiger partial charge >= 0.3 is 5.97 Å². The maximum Gasteiger partial charge on any atom is 0.306 e. The lowest BCUT2D eigenvalue weighted by molar-refractivity contribution is -0.167. The molecule has 7 atom stereocenters. The quantitative estimate of drug-likeness (QED) is 0.376. The van der Waals surface area contributed by atoms with Gasteiger partial charge in [-0.1, -0.05) is 41.5 Å². The van der Waals surface area contributed by atoms with E-state index in [9.17, 15) is 19.5 Å². The lowest BCUT2D eigenvalue weighted by atomic mass is 9.39. The van der Waals surface area contributed by atoms with Crippen LogP contribution in [0.4, 0.5) is 0 Å². The number of methoxy groups -OCH3 is 1. The van der Waals surface area contributed by atoms with E-state index >= 15 is 0 Å². The number of allylic oxidation sites excluding steroid dienone is 2. The molecule has 0 unspecified atom stereocenters. The van der Waals surface area contributed by atoms with Crippen LogP contribution in [0.3, 0.4) is 0 Å². The zero-order chi connectivity index (χ0) is 27.1. The molecule has 0 amide bonds. The molecular weight excluding hydrogens is 452 g/mol. The molecule has 0 saturated heterocycles. The van der Waals surface area contributed by atoms with E-state index in [0.717, 1.165) is 37.7 Å². The maximum absolute atomic E-state index is 14.8. The minimum Gasteiger partial charge on any atom is -0.469 e. The lowest BCUT2D eigenvalue weighted by Gasteiger charge is -2.63. The summed E-state index contributed by atoms with van der Waals surface area (Å²) in [5.41, 5.74) is -1.95. The van der Waals surface area contributed by atoms with Crippen molar-refractivity contribution in [3.05, 3.63) is 11.6 Å². The van der Waals surface area contributed by atoms with Gasteiger partial charge < -0.3 is 9.84 Å². The number of hydrogen-bond acceptors (Lipinski definition) is 5. The Balaban J connectivity index is 1.84. The van der Waals surface area contributed by atoms with E-state index in [1.807, 2.05) is 13.0 Å². The molecule has 0 aromatic carbocycles. The highest BCUT2D eigenvalue weighted by atomic mass is 16.5. The topological polar surface area (TPSA) is 80.7 Å². The highest BCUT2D eigenvalue weighted by Crippen LogP contribution is 2.68. The van der Waals surface area contributed by atoms with Crippen LogP contribution in [-0.2, 0) is 19.1 Å². The van der Waals surface area contributed by atoms with Crippen LogP contribution < -0.4 is 0 Å². The van der Waals surface area contributed by atoms with Crippen molar-refractivity contribution in [3.8, 4) is 0 Å². The fourth-order valence-electron chi connectivity index (χ4n) is 9.32. The molecule has 3 saturated carbocycles. The summed E-state index contributed by atoms with van der Waals surface area (Å²) in [5.74, 6) is -0.349. The Morgan fingerprint density at radius 1 is 0.944 bits per heavy atom. The number of hydrogen-bond donors (Lipinski definition) is 1. The first-order valence-corrected chi connectivity index (χ1v) is 14.0. The molecule has 5 heteroatoms. The van der Waals surface area contributed by atoms with Crippen molar-refractivity contribution in [2.24, 2.45) is 44.3 Å². The largest absolute Gasteiger partial charge is 0.469 e. The van der Waals surface area contributed by atoms with Gasteiger partial charge in [0.2, 0.25) is 0 Å². The van der Waals surface area contributed by atoms with Gasteiger partial charge in [0.15, 0.2) is 11.6 Å². The van der Waals surface area contributed by atoms with Gasteiger partial charge in [-0.25, -0.2) is 0 Å². The Bertz CT molecular complexity index is 1010. The average Bonchev–Trinajstić information content (AvgIpc) is 2.79. The second kappa shape index (κ2) is 8.25. The minimum absolute atomic E-state index is 0.0120. The van der Waals surface area contributed by atoms with Crippen LogP contribution in [-0.4, -0.2) is 35.9 Å². The molecule has 1 N–H and O–H groups in total. The van der Waals surface area contributed by atoms with Crippen LogP contribution in [0.15, 0.2) is 11.6 Å². The van der Waals surface area contributed by atoms with Crippen molar-refractivity contribution >= 4 is 17.5 Å². The molecule has 0 aromatic rings. The Morgan fingerprint density at radius 3 is 2.19 bits per heavy atom. The molecule has 4 aliphatic rings. The van der Waals surface area contributed by atoms with Gasteiger partial charge in [0.05, 0.1) is 25.0 Å². The molecule has 3 fully saturated rings. The van der Waals surface area contributed by atoms with Crippen LogP contribution in [0.25, 0.3) is 0 Å². The summed E-state index contributed by atoms with van der Waals surface area (Å²) in [6.07, 6.45) is 7.19. The number of ketones is 2. The average molecular weight is 501 g/mol. The molecule has 0 radical (unpaired) electrons. The Hall–Kier alpha value is -1.49. The molecule has 0 aromatic heterocycles. The molecule has 0 spiro atoms. The highest BCUT2D eigenvalue weighted by Gasteiger charge is 2.67. The Morgan fingerprint density at radius 2 is 1.58 bits per heavy atom. The van der Waals surface area contributed by atoms with Crippen molar-refractivity contribution in [3.63, 3.8) is 0 Å². The number of rotatable bonds is 3. The molecule has 0 heterocycles. The van der Waals surface area contributed by atoms with Crippen molar-refractivity contribution < 1.29 is 24.2 Å². The Kier molecular flexibility index (Phi) is 6.31. The molecule has 36 heavy (non-hydrogen) atoms. The molecule has 0 aliphatic heterocycles.